The van der Waals surface area contributed by atoms with Crippen molar-refractivity contribution in [1.29, 1.82) is 0 Å². The third-order valence-electron chi connectivity index (χ3n) is 5.42. The number of amides is 1. The molecule has 1 aromatic heterocycles. The van der Waals surface area contributed by atoms with Crippen molar-refractivity contribution >= 4 is 5.91 Å². The number of likely N-dealkylation sites (tertiary alicyclic amines) is 1. The van der Waals surface area contributed by atoms with Crippen LogP contribution in [0.3, 0.4) is 0 Å². The molecule has 5 heteroatoms. The fourth-order valence-electron chi connectivity index (χ4n) is 3.65. The van der Waals surface area contributed by atoms with Crippen LogP contribution in [0.2, 0.25) is 0 Å². The van der Waals surface area contributed by atoms with E-state index in [1.807, 2.05) is 25.8 Å². The predicted molar refractivity (Wildman–Crippen MR) is 93.3 cm³/mol. The monoisotopic (exact) mass is 320 g/mol. The second-order valence-electron chi connectivity index (χ2n) is 7.31. The van der Waals surface area contributed by atoms with Crippen molar-refractivity contribution in [3.8, 4) is 0 Å². The highest BCUT2D eigenvalue weighted by atomic mass is 16.2. The van der Waals surface area contributed by atoms with Gasteiger partial charge < -0.3 is 9.80 Å². The second kappa shape index (κ2) is 7.47. The number of nitrogens with zero attached hydrogens (tertiary/aromatic N) is 3. The highest BCUT2D eigenvalue weighted by molar-refractivity contribution is 5.76. The highest BCUT2D eigenvalue weighted by Gasteiger charge is 2.27. The van der Waals surface area contributed by atoms with E-state index in [-0.39, 0.29) is 11.9 Å². The SMILES string of the molecule is Cc1n[nH]c(C)c1[C@@H](C)N(C)C(=O)CC1CCN(C(C)C)CC1. The third-order valence-corrected chi connectivity index (χ3v) is 5.42. The minimum Gasteiger partial charge on any atom is -0.339 e. The largest absolute Gasteiger partial charge is 0.339 e. The van der Waals surface area contributed by atoms with E-state index in [0.717, 1.165) is 42.9 Å². The Labute approximate surface area is 140 Å². The van der Waals surface area contributed by atoms with Gasteiger partial charge in [0.05, 0.1) is 11.7 Å². The quantitative estimate of drug-likeness (QED) is 0.907. The van der Waals surface area contributed by atoms with E-state index < -0.39 is 0 Å². The van der Waals surface area contributed by atoms with E-state index in [4.69, 9.17) is 0 Å². The predicted octanol–water partition coefficient (Wildman–Crippen LogP) is 3.06. The van der Waals surface area contributed by atoms with Crippen LogP contribution in [0.25, 0.3) is 0 Å². The van der Waals surface area contributed by atoms with Gasteiger partial charge >= 0.3 is 0 Å². The Morgan fingerprint density at radius 3 is 2.39 bits per heavy atom. The number of carbonyl (C=O) groups is 1. The van der Waals surface area contributed by atoms with Gasteiger partial charge in [-0.05, 0) is 66.5 Å². The van der Waals surface area contributed by atoms with Crippen LogP contribution in [-0.2, 0) is 4.79 Å². The van der Waals surface area contributed by atoms with Gasteiger partial charge in [0.15, 0.2) is 0 Å². The number of rotatable bonds is 5. The Balaban J connectivity index is 1.91. The van der Waals surface area contributed by atoms with Crippen LogP contribution in [-0.4, -0.2) is 52.1 Å². The zero-order chi connectivity index (χ0) is 17.1. The Hall–Kier alpha value is -1.36. The molecule has 1 atom stereocenters. The van der Waals surface area contributed by atoms with Crippen molar-refractivity contribution < 1.29 is 4.79 Å². The number of carbonyl (C=O) groups excluding carboxylic acids is 1. The van der Waals surface area contributed by atoms with Crippen LogP contribution in [0.15, 0.2) is 0 Å². The molecule has 1 aromatic rings. The first kappa shape index (κ1) is 18.0. The normalized spacial score (nSPS) is 18.4. The maximum atomic E-state index is 12.7. The fraction of sp³-hybridized carbons (Fsp3) is 0.778. The number of aryl methyl sites for hydroxylation is 2. The van der Waals surface area contributed by atoms with Crippen LogP contribution in [0, 0.1) is 19.8 Å². The van der Waals surface area contributed by atoms with E-state index in [1.54, 1.807) is 0 Å². The van der Waals surface area contributed by atoms with Crippen LogP contribution in [0.5, 0.6) is 0 Å². The van der Waals surface area contributed by atoms with Crippen molar-refractivity contribution in [3.63, 3.8) is 0 Å². The summed E-state index contributed by atoms with van der Waals surface area (Å²) in [6.07, 6.45) is 2.94. The van der Waals surface area contributed by atoms with Gasteiger partial charge in [-0.15, -0.1) is 0 Å². The van der Waals surface area contributed by atoms with Crippen LogP contribution >= 0.6 is 0 Å². The van der Waals surface area contributed by atoms with Crippen LogP contribution in [0.1, 0.15) is 63.0 Å². The molecule has 2 heterocycles. The number of hydrogen-bond donors (Lipinski definition) is 1. The number of aromatic amines is 1. The molecule has 0 spiro atoms. The molecule has 130 valence electrons. The summed E-state index contributed by atoms with van der Waals surface area (Å²) < 4.78 is 0. The molecular weight excluding hydrogens is 288 g/mol. The maximum Gasteiger partial charge on any atom is 0.223 e. The molecule has 1 N–H and O–H groups in total. The minimum atomic E-state index is 0.0667. The molecule has 0 aromatic carbocycles. The lowest BCUT2D eigenvalue weighted by Crippen LogP contribution is -2.40. The van der Waals surface area contributed by atoms with Gasteiger partial charge in [0.1, 0.15) is 0 Å². The smallest absolute Gasteiger partial charge is 0.223 e. The number of H-pyrrole nitrogens is 1. The van der Waals surface area contributed by atoms with Gasteiger partial charge in [0.2, 0.25) is 5.91 Å². The average molecular weight is 320 g/mol. The van der Waals surface area contributed by atoms with Crippen molar-refractivity contribution in [2.24, 2.45) is 5.92 Å². The number of aromatic nitrogens is 2. The maximum absolute atomic E-state index is 12.7. The van der Waals surface area contributed by atoms with E-state index in [9.17, 15) is 4.79 Å². The molecular formula is C18H32N4O. The molecule has 1 fully saturated rings. The van der Waals surface area contributed by atoms with Crippen LogP contribution in [0.4, 0.5) is 0 Å². The lowest BCUT2D eigenvalue weighted by atomic mass is 9.92. The first-order chi connectivity index (χ1) is 10.8. The molecule has 0 radical (unpaired) electrons. The van der Waals surface area contributed by atoms with Gasteiger partial charge in [-0.25, -0.2) is 0 Å². The van der Waals surface area contributed by atoms with Gasteiger partial charge in [-0.1, -0.05) is 0 Å². The van der Waals surface area contributed by atoms with E-state index in [0.29, 0.717) is 18.4 Å². The summed E-state index contributed by atoms with van der Waals surface area (Å²) in [4.78, 5) is 17.1. The van der Waals surface area contributed by atoms with Crippen molar-refractivity contribution in [2.45, 2.75) is 66.0 Å². The summed E-state index contributed by atoms with van der Waals surface area (Å²) in [7, 11) is 1.92. The summed E-state index contributed by atoms with van der Waals surface area (Å²) in [6.45, 7) is 12.8. The summed E-state index contributed by atoms with van der Waals surface area (Å²) in [6, 6.07) is 0.679. The fourth-order valence-corrected chi connectivity index (χ4v) is 3.65. The standard InChI is InChI=1S/C18H32N4O/c1-12(2)22-9-7-16(8-10-22)11-17(23)21(6)15(5)18-13(3)19-20-14(18)4/h12,15-16H,7-11H2,1-6H3,(H,19,20)/t15-/m1/s1. The van der Waals surface area contributed by atoms with Crippen LogP contribution < -0.4 is 0 Å². The lowest BCUT2D eigenvalue weighted by Gasteiger charge is -2.35. The molecule has 0 bridgehead atoms. The van der Waals surface area contributed by atoms with Gasteiger partial charge in [-0.3, -0.25) is 9.89 Å². The molecule has 1 aliphatic heterocycles. The van der Waals surface area contributed by atoms with Gasteiger partial charge in [-0.2, -0.15) is 5.10 Å². The first-order valence-corrected chi connectivity index (χ1v) is 8.82. The average Bonchev–Trinajstić information content (AvgIpc) is 2.85. The highest BCUT2D eigenvalue weighted by Crippen LogP contribution is 2.27. The molecule has 2 rings (SSSR count). The Morgan fingerprint density at radius 1 is 1.30 bits per heavy atom. The minimum absolute atomic E-state index is 0.0667. The Morgan fingerprint density at radius 2 is 1.91 bits per heavy atom. The summed E-state index contributed by atoms with van der Waals surface area (Å²) in [5.74, 6) is 0.777. The molecule has 5 nitrogen and oxygen atoms in total. The van der Waals surface area contributed by atoms with Crippen molar-refractivity contribution in [3.05, 3.63) is 17.0 Å². The topological polar surface area (TPSA) is 52.2 Å². The first-order valence-electron chi connectivity index (χ1n) is 8.82. The molecule has 1 amide bonds. The second-order valence-corrected chi connectivity index (χ2v) is 7.31. The number of nitrogens with one attached hydrogen (secondary N) is 1. The zero-order valence-corrected chi connectivity index (χ0v) is 15.5. The van der Waals surface area contributed by atoms with Crippen molar-refractivity contribution in [2.75, 3.05) is 20.1 Å². The Bertz CT molecular complexity index is 510. The molecule has 0 saturated carbocycles. The molecule has 0 unspecified atom stereocenters. The lowest BCUT2D eigenvalue weighted by molar-refractivity contribution is -0.133. The summed E-state index contributed by atoms with van der Waals surface area (Å²) >= 11 is 0. The molecule has 1 aliphatic rings. The summed E-state index contributed by atoms with van der Waals surface area (Å²) in [5.41, 5.74) is 3.19. The molecule has 1 saturated heterocycles. The number of hydrogen-bond acceptors (Lipinski definition) is 3. The van der Waals surface area contributed by atoms with Gasteiger partial charge in [0, 0.05) is 30.8 Å². The summed E-state index contributed by atoms with van der Waals surface area (Å²) in [5, 5.41) is 7.27. The van der Waals surface area contributed by atoms with E-state index in [1.165, 1.54) is 0 Å². The molecule has 23 heavy (non-hydrogen) atoms. The third kappa shape index (κ3) is 4.14. The number of piperidine rings is 1. The zero-order valence-electron chi connectivity index (χ0n) is 15.5. The molecule has 0 aliphatic carbocycles. The van der Waals surface area contributed by atoms with E-state index in [2.05, 4.69) is 35.9 Å². The van der Waals surface area contributed by atoms with Crippen molar-refractivity contribution in [1.82, 2.24) is 20.0 Å². The Kier molecular flexibility index (Phi) is 5.84. The van der Waals surface area contributed by atoms with E-state index >= 15 is 0 Å². The van der Waals surface area contributed by atoms with Gasteiger partial charge in [0.25, 0.3) is 0 Å².